The van der Waals surface area contributed by atoms with E-state index in [1.165, 1.54) is 0 Å². The fourth-order valence-corrected chi connectivity index (χ4v) is 3.17. The van der Waals surface area contributed by atoms with Crippen LogP contribution in [0.3, 0.4) is 0 Å². The molecule has 2 rings (SSSR count). The van der Waals surface area contributed by atoms with E-state index in [4.69, 9.17) is 10.2 Å². The molecular weight excluding hydrogens is 352 g/mol. The first-order valence-electron chi connectivity index (χ1n) is 6.98. The molecular formula is C14H21BrN4OS. The van der Waals surface area contributed by atoms with Gasteiger partial charge in [0.1, 0.15) is 0 Å². The molecule has 0 aromatic carbocycles. The molecule has 0 aliphatic heterocycles. The summed E-state index contributed by atoms with van der Waals surface area (Å²) in [6, 6.07) is 4.18. The second-order valence-electron chi connectivity index (χ2n) is 5.54. The SMILES string of the molecule is CC(C)C(N)CCN(C)Cc1nnc(-c2ccc(Br)s2)o1. The van der Waals surface area contributed by atoms with Gasteiger partial charge in [-0.1, -0.05) is 13.8 Å². The third kappa shape index (κ3) is 4.88. The summed E-state index contributed by atoms with van der Waals surface area (Å²) in [7, 11) is 2.04. The Morgan fingerprint density at radius 1 is 1.38 bits per heavy atom. The molecule has 2 aromatic heterocycles. The van der Waals surface area contributed by atoms with Crippen LogP contribution < -0.4 is 5.73 Å². The fourth-order valence-electron chi connectivity index (χ4n) is 1.86. The fraction of sp³-hybridized carbons (Fsp3) is 0.571. The highest BCUT2D eigenvalue weighted by Gasteiger charge is 2.13. The second kappa shape index (κ2) is 7.49. The summed E-state index contributed by atoms with van der Waals surface area (Å²) in [6.07, 6.45) is 0.965. The minimum absolute atomic E-state index is 0.231. The Morgan fingerprint density at radius 2 is 2.14 bits per heavy atom. The zero-order valence-corrected chi connectivity index (χ0v) is 14.9. The van der Waals surface area contributed by atoms with E-state index in [0.29, 0.717) is 24.2 Å². The van der Waals surface area contributed by atoms with Crippen LogP contribution in [-0.2, 0) is 6.54 Å². The Hall–Kier alpha value is -0.760. The lowest BCUT2D eigenvalue weighted by molar-refractivity contribution is 0.269. The van der Waals surface area contributed by atoms with Crippen molar-refractivity contribution in [2.45, 2.75) is 32.9 Å². The molecule has 0 spiro atoms. The van der Waals surface area contributed by atoms with Crippen LogP contribution >= 0.6 is 27.3 Å². The van der Waals surface area contributed by atoms with Gasteiger partial charge in [0, 0.05) is 6.04 Å². The number of hydrogen-bond acceptors (Lipinski definition) is 6. The van der Waals surface area contributed by atoms with E-state index >= 15 is 0 Å². The van der Waals surface area contributed by atoms with Crippen LogP contribution in [0, 0.1) is 5.92 Å². The van der Waals surface area contributed by atoms with Crippen molar-refractivity contribution in [3.8, 4) is 10.8 Å². The summed E-state index contributed by atoms with van der Waals surface area (Å²) in [5.41, 5.74) is 6.06. The predicted octanol–water partition coefficient (Wildman–Crippen LogP) is 3.37. The highest BCUT2D eigenvalue weighted by atomic mass is 79.9. The Morgan fingerprint density at radius 3 is 2.76 bits per heavy atom. The lowest BCUT2D eigenvalue weighted by Gasteiger charge is -2.19. The van der Waals surface area contributed by atoms with Crippen molar-refractivity contribution in [1.82, 2.24) is 15.1 Å². The highest BCUT2D eigenvalue weighted by Crippen LogP contribution is 2.30. The van der Waals surface area contributed by atoms with Gasteiger partial charge in [0.05, 0.1) is 15.2 Å². The quantitative estimate of drug-likeness (QED) is 0.806. The number of nitrogens with two attached hydrogens (primary N) is 1. The van der Waals surface area contributed by atoms with Crippen LogP contribution in [0.25, 0.3) is 10.8 Å². The molecule has 0 aliphatic rings. The van der Waals surface area contributed by atoms with Gasteiger partial charge in [0.2, 0.25) is 5.89 Å². The standard InChI is InChI=1S/C14H21BrN4OS/c1-9(2)10(16)6-7-19(3)8-13-17-18-14(20-13)11-4-5-12(15)21-11/h4-5,9-10H,6-8,16H2,1-3H3. The highest BCUT2D eigenvalue weighted by molar-refractivity contribution is 9.11. The van der Waals surface area contributed by atoms with Crippen molar-refractivity contribution in [2.75, 3.05) is 13.6 Å². The zero-order valence-electron chi connectivity index (χ0n) is 12.5. The lowest BCUT2D eigenvalue weighted by Crippen LogP contribution is -2.31. The summed E-state index contributed by atoms with van der Waals surface area (Å²) in [6.45, 7) is 5.86. The Labute approximate surface area is 137 Å². The molecule has 0 fully saturated rings. The van der Waals surface area contributed by atoms with E-state index < -0.39 is 0 Å². The second-order valence-corrected chi connectivity index (χ2v) is 8.00. The Bertz CT molecular complexity index is 569. The summed E-state index contributed by atoms with van der Waals surface area (Å²) in [5.74, 6) is 1.72. The van der Waals surface area contributed by atoms with Gasteiger partial charge in [0.25, 0.3) is 5.89 Å². The van der Waals surface area contributed by atoms with Gasteiger partial charge in [-0.2, -0.15) is 0 Å². The van der Waals surface area contributed by atoms with Crippen molar-refractivity contribution in [3.05, 3.63) is 21.8 Å². The molecule has 2 N–H and O–H groups in total. The average Bonchev–Trinajstić information content (AvgIpc) is 3.04. The van der Waals surface area contributed by atoms with Crippen LogP contribution in [-0.4, -0.2) is 34.7 Å². The maximum absolute atomic E-state index is 6.06. The van der Waals surface area contributed by atoms with Crippen molar-refractivity contribution in [2.24, 2.45) is 11.7 Å². The molecule has 1 atom stereocenters. The molecule has 1 unspecified atom stereocenters. The minimum atomic E-state index is 0.231. The Balaban J connectivity index is 1.87. The number of rotatable bonds is 7. The Kier molecular flexibility index (Phi) is 5.92. The third-order valence-electron chi connectivity index (χ3n) is 3.36. The molecule has 21 heavy (non-hydrogen) atoms. The molecule has 0 radical (unpaired) electrons. The average molecular weight is 373 g/mol. The zero-order chi connectivity index (χ0) is 15.4. The molecule has 0 bridgehead atoms. The molecule has 5 nitrogen and oxygen atoms in total. The summed E-state index contributed by atoms with van der Waals surface area (Å²) >= 11 is 5.01. The van der Waals surface area contributed by atoms with Gasteiger partial charge in [-0.3, -0.25) is 4.90 Å². The van der Waals surface area contributed by atoms with Gasteiger partial charge >= 0.3 is 0 Å². The molecule has 7 heteroatoms. The summed E-state index contributed by atoms with van der Waals surface area (Å²) in [5, 5.41) is 8.20. The van der Waals surface area contributed by atoms with Crippen LogP contribution in [0.4, 0.5) is 0 Å². The largest absolute Gasteiger partial charge is 0.419 e. The molecule has 0 saturated heterocycles. The number of nitrogens with zero attached hydrogens (tertiary/aromatic N) is 3. The first-order valence-corrected chi connectivity index (χ1v) is 8.59. The van der Waals surface area contributed by atoms with E-state index in [2.05, 4.69) is 44.9 Å². The molecule has 116 valence electrons. The first-order chi connectivity index (χ1) is 9.95. The third-order valence-corrected chi connectivity index (χ3v) is 4.97. The molecule has 2 heterocycles. The van der Waals surface area contributed by atoms with Gasteiger partial charge in [0.15, 0.2) is 0 Å². The number of thiophene rings is 1. The van der Waals surface area contributed by atoms with E-state index in [9.17, 15) is 0 Å². The van der Waals surface area contributed by atoms with Crippen LogP contribution in [0.2, 0.25) is 0 Å². The molecule has 0 amide bonds. The van der Waals surface area contributed by atoms with Gasteiger partial charge in [-0.25, -0.2) is 0 Å². The van der Waals surface area contributed by atoms with Gasteiger partial charge in [-0.05, 0) is 54.0 Å². The van der Waals surface area contributed by atoms with E-state index in [-0.39, 0.29) is 6.04 Å². The van der Waals surface area contributed by atoms with E-state index in [0.717, 1.165) is 21.6 Å². The van der Waals surface area contributed by atoms with E-state index in [1.54, 1.807) is 11.3 Å². The number of hydrogen-bond donors (Lipinski definition) is 1. The lowest BCUT2D eigenvalue weighted by atomic mass is 10.0. The molecule has 0 aliphatic carbocycles. The monoisotopic (exact) mass is 372 g/mol. The maximum atomic E-state index is 6.06. The van der Waals surface area contributed by atoms with Crippen LogP contribution in [0.1, 0.15) is 26.2 Å². The van der Waals surface area contributed by atoms with Crippen molar-refractivity contribution in [3.63, 3.8) is 0 Å². The summed E-state index contributed by atoms with van der Waals surface area (Å²) in [4.78, 5) is 3.13. The van der Waals surface area contributed by atoms with Gasteiger partial charge < -0.3 is 10.2 Å². The number of aromatic nitrogens is 2. The molecule has 2 aromatic rings. The van der Waals surface area contributed by atoms with Gasteiger partial charge in [-0.15, -0.1) is 21.5 Å². The maximum Gasteiger partial charge on any atom is 0.257 e. The topological polar surface area (TPSA) is 68.2 Å². The smallest absolute Gasteiger partial charge is 0.257 e. The minimum Gasteiger partial charge on any atom is -0.419 e. The molecule has 0 saturated carbocycles. The normalized spacial score (nSPS) is 13.3. The van der Waals surface area contributed by atoms with Crippen molar-refractivity contribution >= 4 is 27.3 Å². The predicted molar refractivity (Wildman–Crippen MR) is 89.1 cm³/mol. The van der Waals surface area contributed by atoms with Crippen LogP contribution in [0.15, 0.2) is 20.3 Å². The van der Waals surface area contributed by atoms with Crippen molar-refractivity contribution < 1.29 is 4.42 Å². The van der Waals surface area contributed by atoms with Crippen molar-refractivity contribution in [1.29, 1.82) is 0 Å². The van der Waals surface area contributed by atoms with E-state index in [1.807, 2.05) is 19.2 Å². The summed E-state index contributed by atoms with van der Waals surface area (Å²) < 4.78 is 6.76. The van der Waals surface area contributed by atoms with Crippen LogP contribution in [0.5, 0.6) is 0 Å². The number of halogens is 1. The first kappa shape index (κ1) is 16.6.